The lowest BCUT2D eigenvalue weighted by Crippen LogP contribution is -2.27. The highest BCUT2D eigenvalue weighted by atomic mass is 16.1. The minimum absolute atomic E-state index is 0.0475. The van der Waals surface area contributed by atoms with Gasteiger partial charge in [-0.3, -0.25) is 4.79 Å². The third kappa shape index (κ3) is 2.83. The number of carbonyl (C=O) groups excluding carboxylic acids is 1. The predicted molar refractivity (Wildman–Crippen MR) is 83.8 cm³/mol. The van der Waals surface area contributed by atoms with Crippen LogP contribution in [0.25, 0.3) is 10.9 Å². The fourth-order valence-electron chi connectivity index (χ4n) is 2.80. The fourth-order valence-corrected chi connectivity index (χ4v) is 2.80. The van der Waals surface area contributed by atoms with E-state index in [2.05, 4.69) is 22.7 Å². The van der Waals surface area contributed by atoms with Crippen LogP contribution in [-0.2, 0) is 0 Å². The zero-order valence-electron chi connectivity index (χ0n) is 12.1. The Balaban J connectivity index is 1.87. The van der Waals surface area contributed by atoms with Crippen molar-refractivity contribution in [3.63, 3.8) is 0 Å². The number of hydrazine groups is 1. The van der Waals surface area contributed by atoms with Gasteiger partial charge >= 0.3 is 0 Å². The molecule has 0 saturated heterocycles. The van der Waals surface area contributed by atoms with Crippen molar-refractivity contribution in [2.24, 2.45) is 11.8 Å². The van der Waals surface area contributed by atoms with Crippen molar-refractivity contribution in [1.29, 1.82) is 0 Å². The van der Waals surface area contributed by atoms with Crippen molar-refractivity contribution in [2.75, 3.05) is 5.43 Å². The average molecular weight is 284 g/mol. The lowest BCUT2D eigenvalue weighted by molar-refractivity contribution is 0.0950. The number of amides is 1. The molecular formula is C16H20N4O. The van der Waals surface area contributed by atoms with Crippen LogP contribution < -0.4 is 16.6 Å². The van der Waals surface area contributed by atoms with Gasteiger partial charge in [-0.25, -0.2) is 10.8 Å². The van der Waals surface area contributed by atoms with Gasteiger partial charge in [0.1, 0.15) is 5.82 Å². The Labute approximate surface area is 123 Å². The van der Waals surface area contributed by atoms with E-state index >= 15 is 0 Å². The van der Waals surface area contributed by atoms with Gasteiger partial charge in [0, 0.05) is 11.4 Å². The normalized spacial score (nSPS) is 20.3. The molecule has 4 N–H and O–H groups in total. The molecule has 1 aliphatic carbocycles. The molecule has 0 bridgehead atoms. The van der Waals surface area contributed by atoms with Crippen molar-refractivity contribution in [2.45, 2.75) is 32.2 Å². The second-order valence-electron chi connectivity index (χ2n) is 5.58. The van der Waals surface area contributed by atoms with E-state index in [0.717, 1.165) is 23.7 Å². The maximum absolute atomic E-state index is 12.5. The number of aromatic nitrogens is 1. The quantitative estimate of drug-likeness (QED) is 0.582. The Kier molecular flexibility index (Phi) is 3.75. The first kappa shape index (κ1) is 13.8. The minimum Gasteiger partial charge on any atom is -0.349 e. The summed E-state index contributed by atoms with van der Waals surface area (Å²) in [6, 6.07) is 9.62. The van der Waals surface area contributed by atoms with Gasteiger partial charge < -0.3 is 10.7 Å². The summed E-state index contributed by atoms with van der Waals surface area (Å²) in [5, 5.41) is 3.96. The molecule has 1 fully saturated rings. The molecule has 2 unspecified atom stereocenters. The summed E-state index contributed by atoms with van der Waals surface area (Å²) in [6.45, 7) is 2.17. The minimum atomic E-state index is -0.0475. The Bertz CT molecular complexity index is 670. The number of pyridine rings is 1. The topological polar surface area (TPSA) is 80.0 Å². The second-order valence-corrected chi connectivity index (χ2v) is 5.58. The molecule has 2 aromatic rings. The summed E-state index contributed by atoms with van der Waals surface area (Å²) < 4.78 is 0. The van der Waals surface area contributed by atoms with Gasteiger partial charge in [0.15, 0.2) is 0 Å². The van der Waals surface area contributed by atoms with Crippen LogP contribution in [0.1, 0.15) is 36.5 Å². The lowest BCUT2D eigenvalue weighted by Gasteiger charge is -2.10. The number of hydrogen-bond donors (Lipinski definition) is 3. The van der Waals surface area contributed by atoms with Gasteiger partial charge in [-0.05, 0) is 30.9 Å². The van der Waals surface area contributed by atoms with E-state index in [4.69, 9.17) is 5.84 Å². The number of anilines is 1. The molecule has 1 heterocycles. The van der Waals surface area contributed by atoms with E-state index in [9.17, 15) is 4.79 Å². The molecule has 0 aliphatic heterocycles. The van der Waals surface area contributed by atoms with E-state index in [1.54, 1.807) is 6.07 Å². The number of carbonyl (C=O) groups is 1. The Morgan fingerprint density at radius 3 is 3.00 bits per heavy atom. The highest BCUT2D eigenvalue weighted by Gasteiger charge is 2.37. The highest BCUT2D eigenvalue weighted by Crippen LogP contribution is 2.35. The van der Waals surface area contributed by atoms with E-state index < -0.39 is 0 Å². The smallest absolute Gasteiger partial charge is 0.252 e. The zero-order valence-corrected chi connectivity index (χ0v) is 12.1. The first-order valence-corrected chi connectivity index (χ1v) is 7.40. The van der Waals surface area contributed by atoms with Crippen molar-refractivity contribution in [1.82, 2.24) is 10.3 Å². The molecule has 5 nitrogen and oxygen atoms in total. The number of rotatable bonds is 5. The monoisotopic (exact) mass is 284 g/mol. The molecule has 110 valence electrons. The first-order valence-electron chi connectivity index (χ1n) is 7.40. The SMILES string of the molecule is CCCC1CC1NC(=O)c1cc(NN)nc2ccccc12. The first-order chi connectivity index (χ1) is 10.2. The number of nitrogens with zero attached hydrogens (tertiary/aromatic N) is 1. The average Bonchev–Trinajstić information content (AvgIpc) is 3.24. The number of nitrogens with one attached hydrogen (secondary N) is 2. The summed E-state index contributed by atoms with van der Waals surface area (Å²) in [5.74, 6) is 6.53. The molecule has 1 aromatic heterocycles. The summed E-state index contributed by atoms with van der Waals surface area (Å²) in [7, 11) is 0. The van der Waals surface area contributed by atoms with Gasteiger partial charge in [0.25, 0.3) is 5.91 Å². The van der Waals surface area contributed by atoms with E-state index in [0.29, 0.717) is 23.3 Å². The Morgan fingerprint density at radius 1 is 1.43 bits per heavy atom. The second kappa shape index (κ2) is 5.69. The summed E-state index contributed by atoms with van der Waals surface area (Å²) >= 11 is 0. The molecule has 1 saturated carbocycles. The standard InChI is InChI=1S/C16H20N4O/c1-2-5-10-8-14(10)19-16(21)12-9-15(20-17)18-13-7-4-3-6-11(12)13/h3-4,6-7,9-10,14H,2,5,8,17H2,1H3,(H,18,20)(H,19,21). The van der Waals surface area contributed by atoms with E-state index in [1.165, 1.54) is 6.42 Å². The molecule has 0 radical (unpaired) electrons. The summed E-state index contributed by atoms with van der Waals surface area (Å²) in [6.07, 6.45) is 3.43. The van der Waals surface area contributed by atoms with Crippen LogP contribution in [0.3, 0.4) is 0 Å². The third-order valence-corrected chi connectivity index (χ3v) is 4.01. The molecule has 21 heavy (non-hydrogen) atoms. The van der Waals surface area contributed by atoms with Crippen molar-refractivity contribution in [3.8, 4) is 0 Å². The Hall–Kier alpha value is -2.14. The molecule has 2 atom stereocenters. The number of fused-ring (bicyclic) bond motifs is 1. The summed E-state index contributed by atoms with van der Waals surface area (Å²) in [4.78, 5) is 16.9. The maximum Gasteiger partial charge on any atom is 0.252 e. The van der Waals surface area contributed by atoms with Crippen molar-refractivity contribution < 1.29 is 4.79 Å². The van der Waals surface area contributed by atoms with E-state index in [-0.39, 0.29) is 5.91 Å². The zero-order chi connectivity index (χ0) is 14.8. The molecule has 1 amide bonds. The maximum atomic E-state index is 12.5. The highest BCUT2D eigenvalue weighted by molar-refractivity contribution is 6.07. The van der Waals surface area contributed by atoms with Crippen LogP contribution in [-0.4, -0.2) is 16.9 Å². The number of nitrogens with two attached hydrogens (primary N) is 1. The number of hydrogen-bond acceptors (Lipinski definition) is 4. The van der Waals surface area contributed by atoms with Gasteiger partial charge in [0.2, 0.25) is 0 Å². The molecule has 1 aliphatic rings. The van der Waals surface area contributed by atoms with Gasteiger partial charge in [-0.2, -0.15) is 0 Å². The molecule has 1 aromatic carbocycles. The molecular weight excluding hydrogens is 264 g/mol. The Morgan fingerprint density at radius 2 is 2.24 bits per heavy atom. The van der Waals surface area contributed by atoms with Crippen LogP contribution in [0.15, 0.2) is 30.3 Å². The van der Waals surface area contributed by atoms with Crippen LogP contribution in [0.2, 0.25) is 0 Å². The lowest BCUT2D eigenvalue weighted by atomic mass is 10.1. The van der Waals surface area contributed by atoms with Crippen LogP contribution in [0, 0.1) is 5.92 Å². The van der Waals surface area contributed by atoms with Crippen LogP contribution in [0.5, 0.6) is 0 Å². The van der Waals surface area contributed by atoms with Crippen molar-refractivity contribution >= 4 is 22.6 Å². The predicted octanol–water partition coefficient (Wildman–Crippen LogP) is 2.44. The molecule has 3 rings (SSSR count). The van der Waals surface area contributed by atoms with Crippen LogP contribution >= 0.6 is 0 Å². The molecule has 0 spiro atoms. The molecule has 5 heteroatoms. The largest absolute Gasteiger partial charge is 0.349 e. The number of benzene rings is 1. The van der Waals surface area contributed by atoms with Gasteiger partial charge in [-0.15, -0.1) is 0 Å². The van der Waals surface area contributed by atoms with Gasteiger partial charge in [-0.1, -0.05) is 31.5 Å². The van der Waals surface area contributed by atoms with Crippen molar-refractivity contribution in [3.05, 3.63) is 35.9 Å². The van der Waals surface area contributed by atoms with E-state index in [1.807, 2.05) is 24.3 Å². The number of para-hydroxylation sites is 1. The fraction of sp³-hybridized carbons (Fsp3) is 0.375. The third-order valence-electron chi connectivity index (χ3n) is 4.01. The summed E-state index contributed by atoms with van der Waals surface area (Å²) in [5.41, 5.74) is 3.91. The van der Waals surface area contributed by atoms with Gasteiger partial charge in [0.05, 0.1) is 11.1 Å². The van der Waals surface area contributed by atoms with Crippen LogP contribution in [0.4, 0.5) is 5.82 Å². The number of nitrogen functional groups attached to an aromatic ring is 1.